The van der Waals surface area contributed by atoms with Crippen molar-refractivity contribution in [3.63, 3.8) is 0 Å². The fourth-order valence-corrected chi connectivity index (χ4v) is 2.57. The van der Waals surface area contributed by atoms with E-state index in [1.54, 1.807) is 48.5 Å². The molecule has 0 bridgehead atoms. The fourth-order valence-electron chi connectivity index (χ4n) is 2.35. The van der Waals surface area contributed by atoms with Crippen LogP contribution in [0.5, 0.6) is 5.75 Å². The highest BCUT2D eigenvalue weighted by Crippen LogP contribution is 2.19. The van der Waals surface area contributed by atoms with E-state index in [9.17, 15) is 14.0 Å². The van der Waals surface area contributed by atoms with E-state index >= 15 is 0 Å². The number of carbonyl (C=O) groups excluding carboxylic acids is 2. The van der Waals surface area contributed by atoms with E-state index in [0.29, 0.717) is 27.6 Å². The molecule has 0 saturated heterocycles. The molecule has 0 aliphatic rings. The van der Waals surface area contributed by atoms with Gasteiger partial charge in [-0.15, -0.1) is 0 Å². The normalized spacial score (nSPS) is 10.3. The second-order valence-corrected chi connectivity index (χ2v) is 6.08. The van der Waals surface area contributed by atoms with Crippen LogP contribution in [0.1, 0.15) is 20.7 Å². The standard InChI is InChI=1S/C21H15ClFNO3/c22-19-4-2-1-3-18(19)21(26)24-16-9-11-17(12-10-16)27-13-20(25)14-5-7-15(23)8-6-14/h1-12H,13H2,(H,24,26). The molecule has 0 spiro atoms. The first-order chi connectivity index (χ1) is 13.0. The van der Waals surface area contributed by atoms with Crippen LogP contribution in [0.2, 0.25) is 5.02 Å². The Labute approximate surface area is 160 Å². The molecule has 0 aliphatic carbocycles. The van der Waals surface area contributed by atoms with Gasteiger partial charge >= 0.3 is 0 Å². The van der Waals surface area contributed by atoms with E-state index in [-0.39, 0.29) is 18.3 Å². The number of hydrogen-bond donors (Lipinski definition) is 1. The van der Waals surface area contributed by atoms with E-state index < -0.39 is 5.82 Å². The summed E-state index contributed by atoms with van der Waals surface area (Å²) in [6.45, 7) is -0.170. The molecule has 0 saturated carbocycles. The Hall–Kier alpha value is -3.18. The molecule has 4 nitrogen and oxygen atoms in total. The Bertz CT molecular complexity index is 956. The summed E-state index contributed by atoms with van der Waals surface area (Å²) in [6, 6.07) is 18.6. The molecular formula is C21H15ClFNO3. The van der Waals surface area contributed by atoms with Crippen molar-refractivity contribution in [3.8, 4) is 5.75 Å². The Morgan fingerprint density at radius 3 is 2.26 bits per heavy atom. The molecule has 136 valence electrons. The largest absolute Gasteiger partial charge is 0.485 e. The van der Waals surface area contributed by atoms with Gasteiger partial charge in [-0.1, -0.05) is 23.7 Å². The quantitative estimate of drug-likeness (QED) is 0.610. The summed E-state index contributed by atoms with van der Waals surface area (Å²) in [5, 5.41) is 3.11. The highest BCUT2D eigenvalue weighted by Gasteiger charge is 2.10. The zero-order valence-electron chi connectivity index (χ0n) is 14.1. The number of Topliss-reactive ketones (excluding diaryl/α,β-unsaturated/α-hetero) is 1. The van der Waals surface area contributed by atoms with Crippen LogP contribution in [-0.4, -0.2) is 18.3 Å². The first-order valence-corrected chi connectivity index (χ1v) is 8.48. The maximum atomic E-state index is 12.9. The highest BCUT2D eigenvalue weighted by atomic mass is 35.5. The lowest BCUT2D eigenvalue weighted by Gasteiger charge is -2.09. The van der Waals surface area contributed by atoms with Crippen LogP contribution in [0.4, 0.5) is 10.1 Å². The van der Waals surface area contributed by atoms with Gasteiger partial charge in [0.1, 0.15) is 11.6 Å². The number of nitrogens with one attached hydrogen (secondary N) is 1. The molecule has 0 heterocycles. The van der Waals surface area contributed by atoms with Crippen molar-refractivity contribution in [1.29, 1.82) is 0 Å². The molecular weight excluding hydrogens is 369 g/mol. The molecule has 0 aromatic heterocycles. The molecule has 0 unspecified atom stereocenters. The zero-order valence-corrected chi connectivity index (χ0v) is 14.9. The predicted molar refractivity (Wildman–Crippen MR) is 102 cm³/mol. The molecule has 27 heavy (non-hydrogen) atoms. The van der Waals surface area contributed by atoms with Crippen LogP contribution in [0.3, 0.4) is 0 Å². The maximum absolute atomic E-state index is 12.9. The SMILES string of the molecule is O=C(COc1ccc(NC(=O)c2ccccc2Cl)cc1)c1ccc(F)cc1. The third-order valence-corrected chi connectivity index (χ3v) is 4.10. The second-order valence-electron chi connectivity index (χ2n) is 5.68. The minimum absolute atomic E-state index is 0.170. The van der Waals surface area contributed by atoms with E-state index in [1.165, 1.54) is 24.3 Å². The van der Waals surface area contributed by atoms with Gasteiger partial charge in [0.05, 0.1) is 10.6 Å². The highest BCUT2D eigenvalue weighted by molar-refractivity contribution is 6.34. The summed E-state index contributed by atoms with van der Waals surface area (Å²) in [5.74, 6) is -0.505. The van der Waals surface area contributed by atoms with Gasteiger partial charge in [-0.05, 0) is 60.7 Å². The number of amides is 1. The third-order valence-electron chi connectivity index (χ3n) is 3.77. The molecule has 3 aromatic carbocycles. The lowest BCUT2D eigenvalue weighted by atomic mass is 10.1. The predicted octanol–water partition coefficient (Wildman–Crippen LogP) is 4.99. The molecule has 3 rings (SSSR count). The lowest BCUT2D eigenvalue weighted by Crippen LogP contribution is -2.13. The third kappa shape index (κ3) is 4.92. The number of carbonyl (C=O) groups is 2. The topological polar surface area (TPSA) is 55.4 Å². The van der Waals surface area contributed by atoms with E-state index in [1.807, 2.05) is 0 Å². The second kappa shape index (κ2) is 8.47. The van der Waals surface area contributed by atoms with Gasteiger partial charge in [0.15, 0.2) is 12.4 Å². The number of anilines is 1. The van der Waals surface area contributed by atoms with Gasteiger partial charge in [0.2, 0.25) is 0 Å². The number of halogens is 2. The molecule has 0 aliphatic heterocycles. The molecule has 0 fully saturated rings. The van der Waals surface area contributed by atoms with Gasteiger partial charge in [-0.25, -0.2) is 4.39 Å². The Kier molecular flexibility index (Phi) is 5.84. The summed E-state index contributed by atoms with van der Waals surface area (Å²) in [5.41, 5.74) is 1.32. The van der Waals surface area contributed by atoms with Gasteiger partial charge in [0, 0.05) is 11.3 Å². The summed E-state index contributed by atoms with van der Waals surface area (Å²) in [6.07, 6.45) is 0. The van der Waals surface area contributed by atoms with Gasteiger partial charge < -0.3 is 10.1 Å². The molecule has 6 heteroatoms. The minimum Gasteiger partial charge on any atom is -0.485 e. The summed E-state index contributed by atoms with van der Waals surface area (Å²) >= 11 is 6.01. The number of ether oxygens (including phenoxy) is 1. The molecule has 1 amide bonds. The summed E-state index contributed by atoms with van der Waals surface area (Å²) in [7, 11) is 0. The van der Waals surface area contributed by atoms with E-state index in [4.69, 9.17) is 16.3 Å². The Morgan fingerprint density at radius 2 is 1.59 bits per heavy atom. The van der Waals surface area contributed by atoms with Crippen molar-refractivity contribution < 1.29 is 18.7 Å². The average molecular weight is 384 g/mol. The first kappa shape index (κ1) is 18.6. The molecule has 0 atom stereocenters. The van der Waals surface area contributed by atoms with Crippen LogP contribution in [0, 0.1) is 5.82 Å². The van der Waals surface area contributed by atoms with Gasteiger partial charge in [0.25, 0.3) is 5.91 Å². The van der Waals surface area contributed by atoms with Crippen molar-refractivity contribution in [2.75, 3.05) is 11.9 Å². The number of hydrogen-bond acceptors (Lipinski definition) is 3. The maximum Gasteiger partial charge on any atom is 0.257 e. The van der Waals surface area contributed by atoms with E-state index in [2.05, 4.69) is 5.32 Å². The molecule has 1 N–H and O–H groups in total. The summed E-state index contributed by atoms with van der Waals surface area (Å²) in [4.78, 5) is 24.2. The first-order valence-electron chi connectivity index (χ1n) is 8.10. The zero-order chi connectivity index (χ0) is 19.2. The van der Waals surface area contributed by atoms with Crippen LogP contribution in [0.15, 0.2) is 72.8 Å². The Morgan fingerprint density at radius 1 is 0.926 bits per heavy atom. The number of rotatable bonds is 6. The van der Waals surface area contributed by atoms with Gasteiger partial charge in [-0.2, -0.15) is 0 Å². The summed E-state index contributed by atoms with van der Waals surface area (Å²) < 4.78 is 18.3. The van der Waals surface area contributed by atoms with Crippen molar-refractivity contribution >= 4 is 29.0 Å². The fraction of sp³-hybridized carbons (Fsp3) is 0.0476. The van der Waals surface area contributed by atoms with Crippen LogP contribution in [0.25, 0.3) is 0 Å². The lowest BCUT2D eigenvalue weighted by molar-refractivity contribution is 0.0921. The average Bonchev–Trinajstić information content (AvgIpc) is 2.68. The van der Waals surface area contributed by atoms with Crippen LogP contribution >= 0.6 is 11.6 Å². The van der Waals surface area contributed by atoms with Crippen molar-refractivity contribution in [2.45, 2.75) is 0 Å². The molecule has 0 radical (unpaired) electrons. The molecule has 3 aromatic rings. The van der Waals surface area contributed by atoms with Gasteiger partial charge in [-0.3, -0.25) is 9.59 Å². The number of benzene rings is 3. The van der Waals surface area contributed by atoms with E-state index in [0.717, 1.165) is 0 Å². The Balaban J connectivity index is 1.57. The van der Waals surface area contributed by atoms with Crippen molar-refractivity contribution in [3.05, 3.63) is 94.8 Å². The van der Waals surface area contributed by atoms with Crippen LogP contribution < -0.4 is 10.1 Å². The monoisotopic (exact) mass is 383 g/mol. The van der Waals surface area contributed by atoms with Crippen LogP contribution in [-0.2, 0) is 0 Å². The van der Waals surface area contributed by atoms with Crippen molar-refractivity contribution in [2.24, 2.45) is 0 Å². The number of ketones is 1. The van der Waals surface area contributed by atoms with Crippen molar-refractivity contribution in [1.82, 2.24) is 0 Å². The smallest absolute Gasteiger partial charge is 0.257 e. The minimum atomic E-state index is -0.401.